The zero-order valence-electron chi connectivity index (χ0n) is 10.1. The van der Waals surface area contributed by atoms with Crippen molar-refractivity contribution in [2.45, 2.75) is 27.2 Å². The van der Waals surface area contributed by atoms with Gasteiger partial charge in [-0.3, -0.25) is 0 Å². The van der Waals surface area contributed by atoms with Gasteiger partial charge in [0.05, 0.1) is 0 Å². The smallest absolute Gasteiger partial charge is 0.0399 e. The molecule has 0 radical (unpaired) electrons. The van der Waals surface area contributed by atoms with Gasteiger partial charge < -0.3 is 4.90 Å². The average Bonchev–Trinajstić information content (AvgIpc) is 2.19. The predicted octanol–water partition coefficient (Wildman–Crippen LogP) is 3.97. The van der Waals surface area contributed by atoms with Crippen LogP contribution in [-0.2, 0) is 0 Å². The van der Waals surface area contributed by atoms with Crippen molar-refractivity contribution in [1.29, 1.82) is 0 Å². The van der Waals surface area contributed by atoms with Crippen LogP contribution in [0.5, 0.6) is 0 Å². The first kappa shape index (κ1) is 14.3. The largest absolute Gasteiger partial charge is 0.371 e. The Labute approximate surface area is 99.1 Å². The van der Waals surface area contributed by atoms with E-state index >= 15 is 0 Å². The number of nitrogens with zero attached hydrogens (tertiary/aromatic N) is 1. The topological polar surface area (TPSA) is 3.24 Å². The number of alkyl halides is 1. The van der Waals surface area contributed by atoms with Crippen molar-refractivity contribution in [2.24, 2.45) is 0 Å². The van der Waals surface area contributed by atoms with Gasteiger partial charge in [0.2, 0.25) is 0 Å². The maximum absolute atomic E-state index is 5.79. The molecule has 0 heterocycles. The third-order valence-corrected chi connectivity index (χ3v) is 2.22. The molecule has 0 saturated carbocycles. The van der Waals surface area contributed by atoms with E-state index in [1.165, 1.54) is 5.70 Å². The zero-order valence-corrected chi connectivity index (χ0v) is 10.8. The second kappa shape index (κ2) is 8.60. The van der Waals surface area contributed by atoms with Gasteiger partial charge in [0.25, 0.3) is 0 Å². The Morgan fingerprint density at radius 1 is 1.33 bits per heavy atom. The van der Waals surface area contributed by atoms with Crippen LogP contribution in [0.3, 0.4) is 0 Å². The summed E-state index contributed by atoms with van der Waals surface area (Å²) in [5, 5.41) is 0. The predicted molar refractivity (Wildman–Crippen MR) is 70.3 cm³/mol. The number of hydrogen-bond donors (Lipinski definition) is 0. The molecule has 0 saturated heterocycles. The highest BCUT2D eigenvalue weighted by Gasteiger charge is 2.03. The molecule has 2 heteroatoms. The van der Waals surface area contributed by atoms with E-state index in [2.05, 4.69) is 37.5 Å². The third kappa shape index (κ3) is 6.40. The molecule has 1 nitrogen and oxygen atoms in total. The Hall–Kier alpha value is -0.690. The highest BCUT2D eigenvalue weighted by atomic mass is 35.5. The van der Waals surface area contributed by atoms with Crippen molar-refractivity contribution < 1.29 is 0 Å². The van der Waals surface area contributed by atoms with Crippen molar-refractivity contribution in [2.75, 3.05) is 19.0 Å². The molecular formula is C13H22ClN. The fourth-order valence-electron chi connectivity index (χ4n) is 1.35. The first-order valence-corrected chi connectivity index (χ1v) is 6.00. The summed E-state index contributed by atoms with van der Waals surface area (Å²) >= 11 is 5.79. The molecule has 0 aliphatic carbocycles. The van der Waals surface area contributed by atoms with Crippen molar-refractivity contribution in [3.63, 3.8) is 0 Å². The van der Waals surface area contributed by atoms with Gasteiger partial charge in [0.15, 0.2) is 0 Å². The minimum Gasteiger partial charge on any atom is -0.371 e. The van der Waals surface area contributed by atoms with Crippen molar-refractivity contribution in [3.05, 3.63) is 36.1 Å². The second-order valence-electron chi connectivity index (χ2n) is 3.57. The SMILES string of the molecule is C=C(C)/C=C\C(=C/C)N(CCC)CCCl. The molecule has 0 aliphatic heterocycles. The standard InChI is InChI=1S/C13H22ClN/c1-5-10-15(11-9-14)13(6-2)8-7-12(3)4/h6-8H,3,5,9-11H2,1-2,4H3/b8-7-,13-6+. The van der Waals surface area contributed by atoms with Crippen molar-refractivity contribution >= 4 is 11.6 Å². The van der Waals surface area contributed by atoms with Crippen LogP contribution >= 0.6 is 11.6 Å². The molecule has 0 aromatic carbocycles. The second-order valence-corrected chi connectivity index (χ2v) is 3.95. The highest BCUT2D eigenvalue weighted by molar-refractivity contribution is 6.18. The summed E-state index contributed by atoms with van der Waals surface area (Å²) in [6, 6.07) is 0. The van der Waals surface area contributed by atoms with E-state index in [0.717, 1.165) is 25.1 Å². The maximum Gasteiger partial charge on any atom is 0.0399 e. The molecule has 0 N–H and O–H groups in total. The van der Waals surface area contributed by atoms with Crippen LogP contribution in [0.2, 0.25) is 0 Å². The molecule has 0 bridgehead atoms. The minimum atomic E-state index is 0.665. The molecule has 0 aliphatic rings. The first-order valence-electron chi connectivity index (χ1n) is 5.46. The third-order valence-electron chi connectivity index (χ3n) is 2.05. The maximum atomic E-state index is 5.79. The molecule has 86 valence electrons. The van der Waals surface area contributed by atoms with E-state index in [9.17, 15) is 0 Å². The number of halogens is 1. The van der Waals surface area contributed by atoms with Gasteiger partial charge >= 0.3 is 0 Å². The monoisotopic (exact) mass is 227 g/mol. The normalized spacial score (nSPS) is 12.1. The summed E-state index contributed by atoms with van der Waals surface area (Å²) in [7, 11) is 0. The fraction of sp³-hybridized carbons (Fsp3) is 0.538. The lowest BCUT2D eigenvalue weighted by atomic mass is 10.2. The van der Waals surface area contributed by atoms with E-state index in [4.69, 9.17) is 11.6 Å². The van der Waals surface area contributed by atoms with Crippen LogP contribution in [0.1, 0.15) is 27.2 Å². The Kier molecular flexibility index (Phi) is 8.21. The zero-order chi connectivity index (χ0) is 11.7. The van der Waals surface area contributed by atoms with E-state index in [0.29, 0.717) is 5.88 Å². The van der Waals surface area contributed by atoms with Crippen LogP contribution < -0.4 is 0 Å². The molecule has 0 fully saturated rings. The average molecular weight is 228 g/mol. The Morgan fingerprint density at radius 3 is 2.40 bits per heavy atom. The quantitative estimate of drug-likeness (QED) is 0.470. The summed E-state index contributed by atoms with van der Waals surface area (Å²) in [6.45, 7) is 12.0. The summed E-state index contributed by atoms with van der Waals surface area (Å²) < 4.78 is 0. The van der Waals surface area contributed by atoms with Gasteiger partial charge in [-0.25, -0.2) is 0 Å². The Morgan fingerprint density at radius 2 is 2.00 bits per heavy atom. The van der Waals surface area contributed by atoms with Gasteiger partial charge in [-0.15, -0.1) is 11.6 Å². The van der Waals surface area contributed by atoms with Gasteiger partial charge in [-0.2, -0.15) is 0 Å². The Balaban J connectivity index is 4.52. The van der Waals surface area contributed by atoms with Crippen molar-refractivity contribution in [1.82, 2.24) is 4.90 Å². The van der Waals surface area contributed by atoms with Crippen LogP contribution in [0.4, 0.5) is 0 Å². The van der Waals surface area contributed by atoms with Gasteiger partial charge in [-0.1, -0.05) is 31.2 Å². The van der Waals surface area contributed by atoms with E-state index in [1.54, 1.807) is 0 Å². The molecule has 0 spiro atoms. The Bertz CT molecular complexity index is 235. The summed E-state index contributed by atoms with van der Waals surface area (Å²) in [5.74, 6) is 0.665. The lowest BCUT2D eigenvalue weighted by Gasteiger charge is -2.24. The molecule has 15 heavy (non-hydrogen) atoms. The molecule has 0 aromatic rings. The molecule has 0 amide bonds. The lowest BCUT2D eigenvalue weighted by molar-refractivity contribution is 0.375. The van der Waals surface area contributed by atoms with E-state index in [-0.39, 0.29) is 0 Å². The molecule has 0 atom stereocenters. The molecular weight excluding hydrogens is 206 g/mol. The van der Waals surface area contributed by atoms with E-state index in [1.807, 2.05) is 13.0 Å². The van der Waals surface area contributed by atoms with Gasteiger partial charge in [0, 0.05) is 24.7 Å². The summed E-state index contributed by atoms with van der Waals surface area (Å²) in [4.78, 5) is 2.30. The van der Waals surface area contributed by atoms with Crippen molar-refractivity contribution in [3.8, 4) is 0 Å². The first-order chi connectivity index (χ1) is 7.15. The number of allylic oxidation sites excluding steroid dienone is 4. The van der Waals surface area contributed by atoms with Gasteiger partial charge in [-0.05, 0) is 26.3 Å². The van der Waals surface area contributed by atoms with Crippen LogP contribution in [-0.4, -0.2) is 23.9 Å². The lowest BCUT2D eigenvalue weighted by Crippen LogP contribution is -2.25. The molecule has 0 unspecified atom stereocenters. The highest BCUT2D eigenvalue weighted by Crippen LogP contribution is 2.08. The van der Waals surface area contributed by atoms with Crippen LogP contribution in [0.15, 0.2) is 36.1 Å². The minimum absolute atomic E-state index is 0.665. The molecule has 0 aromatic heterocycles. The van der Waals surface area contributed by atoms with Gasteiger partial charge in [0.1, 0.15) is 0 Å². The summed E-state index contributed by atoms with van der Waals surface area (Å²) in [6.07, 6.45) is 7.38. The van der Waals surface area contributed by atoms with E-state index < -0.39 is 0 Å². The number of hydrogen-bond acceptors (Lipinski definition) is 1. The fourth-order valence-corrected chi connectivity index (χ4v) is 1.56. The number of rotatable bonds is 7. The van der Waals surface area contributed by atoms with Crippen LogP contribution in [0.25, 0.3) is 0 Å². The van der Waals surface area contributed by atoms with Crippen LogP contribution in [0, 0.1) is 0 Å². The molecule has 0 rings (SSSR count). The summed E-state index contributed by atoms with van der Waals surface area (Å²) in [5.41, 5.74) is 2.29.